The molecule has 5 heteroatoms. The van der Waals surface area contributed by atoms with Crippen molar-refractivity contribution in [1.82, 2.24) is 15.0 Å². The van der Waals surface area contributed by atoms with Crippen LogP contribution in [-0.2, 0) is 0 Å². The van der Waals surface area contributed by atoms with Crippen molar-refractivity contribution in [2.24, 2.45) is 5.73 Å². The van der Waals surface area contributed by atoms with Crippen molar-refractivity contribution in [2.75, 3.05) is 6.54 Å². The SMILES string of the molecule is Cc1cnc2nc(C(O)CN)[nH]c2c1. The average molecular weight is 192 g/mol. The van der Waals surface area contributed by atoms with Gasteiger partial charge in [-0.25, -0.2) is 9.97 Å². The van der Waals surface area contributed by atoms with Crippen molar-refractivity contribution in [2.45, 2.75) is 13.0 Å². The highest BCUT2D eigenvalue weighted by Crippen LogP contribution is 2.14. The van der Waals surface area contributed by atoms with Crippen molar-refractivity contribution < 1.29 is 5.11 Å². The van der Waals surface area contributed by atoms with E-state index in [1.165, 1.54) is 0 Å². The highest BCUT2D eigenvalue weighted by molar-refractivity contribution is 5.71. The number of aromatic amines is 1. The lowest BCUT2D eigenvalue weighted by molar-refractivity contribution is 0.178. The number of aromatic nitrogens is 3. The van der Waals surface area contributed by atoms with Crippen LogP contribution in [0.5, 0.6) is 0 Å². The summed E-state index contributed by atoms with van der Waals surface area (Å²) in [4.78, 5) is 11.2. The van der Waals surface area contributed by atoms with Crippen LogP contribution < -0.4 is 5.73 Å². The smallest absolute Gasteiger partial charge is 0.177 e. The molecule has 0 amide bonds. The molecule has 0 fully saturated rings. The number of hydrogen-bond acceptors (Lipinski definition) is 4. The summed E-state index contributed by atoms with van der Waals surface area (Å²) >= 11 is 0. The van der Waals surface area contributed by atoms with E-state index in [0.717, 1.165) is 11.1 Å². The van der Waals surface area contributed by atoms with Crippen molar-refractivity contribution in [3.63, 3.8) is 0 Å². The van der Waals surface area contributed by atoms with Crippen molar-refractivity contribution in [3.05, 3.63) is 23.7 Å². The molecular formula is C9H12N4O. The second-order valence-corrected chi connectivity index (χ2v) is 3.26. The Hall–Kier alpha value is -1.46. The first-order valence-electron chi connectivity index (χ1n) is 4.41. The Morgan fingerprint density at radius 1 is 1.64 bits per heavy atom. The average Bonchev–Trinajstić information content (AvgIpc) is 2.59. The highest BCUT2D eigenvalue weighted by Gasteiger charge is 2.10. The quantitative estimate of drug-likeness (QED) is 0.636. The van der Waals surface area contributed by atoms with Gasteiger partial charge in [0.05, 0.1) is 5.52 Å². The van der Waals surface area contributed by atoms with Crippen LogP contribution in [0, 0.1) is 6.92 Å². The van der Waals surface area contributed by atoms with Gasteiger partial charge in [-0.05, 0) is 18.6 Å². The number of nitrogens with zero attached hydrogens (tertiary/aromatic N) is 2. The van der Waals surface area contributed by atoms with E-state index < -0.39 is 6.10 Å². The number of imidazole rings is 1. The third-order valence-corrected chi connectivity index (χ3v) is 2.03. The van der Waals surface area contributed by atoms with Crippen LogP contribution in [0.25, 0.3) is 11.2 Å². The Labute approximate surface area is 81.0 Å². The van der Waals surface area contributed by atoms with Gasteiger partial charge in [0, 0.05) is 12.7 Å². The maximum atomic E-state index is 9.45. The minimum atomic E-state index is -0.746. The Kier molecular flexibility index (Phi) is 2.18. The molecule has 0 bridgehead atoms. The van der Waals surface area contributed by atoms with Gasteiger partial charge in [-0.15, -0.1) is 0 Å². The van der Waals surface area contributed by atoms with Gasteiger partial charge >= 0.3 is 0 Å². The summed E-state index contributed by atoms with van der Waals surface area (Å²) in [6.07, 6.45) is 0.992. The molecule has 0 spiro atoms. The number of pyridine rings is 1. The zero-order valence-electron chi connectivity index (χ0n) is 7.86. The van der Waals surface area contributed by atoms with E-state index in [1.54, 1.807) is 6.20 Å². The third kappa shape index (κ3) is 1.47. The molecule has 0 saturated heterocycles. The minimum Gasteiger partial charge on any atom is -0.384 e. The zero-order valence-corrected chi connectivity index (χ0v) is 7.86. The number of nitrogens with one attached hydrogen (secondary N) is 1. The fourth-order valence-corrected chi connectivity index (χ4v) is 1.29. The monoisotopic (exact) mass is 192 g/mol. The molecule has 4 N–H and O–H groups in total. The van der Waals surface area contributed by atoms with Gasteiger partial charge in [0.25, 0.3) is 0 Å². The zero-order chi connectivity index (χ0) is 10.1. The van der Waals surface area contributed by atoms with E-state index in [4.69, 9.17) is 5.73 Å². The summed E-state index contributed by atoms with van der Waals surface area (Å²) in [6, 6.07) is 1.93. The molecule has 0 saturated carbocycles. The Morgan fingerprint density at radius 3 is 3.14 bits per heavy atom. The maximum absolute atomic E-state index is 9.45. The lowest BCUT2D eigenvalue weighted by atomic mass is 10.3. The van der Waals surface area contributed by atoms with Gasteiger partial charge < -0.3 is 15.8 Å². The highest BCUT2D eigenvalue weighted by atomic mass is 16.3. The number of fused-ring (bicyclic) bond motifs is 1. The summed E-state index contributed by atoms with van der Waals surface area (Å²) < 4.78 is 0. The molecule has 2 rings (SSSR count). The number of aliphatic hydroxyl groups excluding tert-OH is 1. The van der Waals surface area contributed by atoms with Crippen LogP contribution in [0.1, 0.15) is 17.5 Å². The normalized spacial score (nSPS) is 13.4. The molecule has 0 radical (unpaired) electrons. The summed E-state index contributed by atoms with van der Waals surface area (Å²) in [5.41, 5.74) is 7.81. The van der Waals surface area contributed by atoms with Gasteiger partial charge in [-0.3, -0.25) is 0 Å². The molecule has 0 aliphatic carbocycles. The molecule has 74 valence electrons. The summed E-state index contributed by atoms with van der Waals surface area (Å²) in [7, 11) is 0. The van der Waals surface area contributed by atoms with E-state index >= 15 is 0 Å². The minimum absolute atomic E-state index is 0.152. The lowest BCUT2D eigenvalue weighted by Gasteiger charge is -2.00. The van der Waals surface area contributed by atoms with Gasteiger partial charge in [0.15, 0.2) is 5.65 Å². The van der Waals surface area contributed by atoms with Crippen molar-refractivity contribution >= 4 is 11.2 Å². The van der Waals surface area contributed by atoms with Crippen LogP contribution in [0.2, 0.25) is 0 Å². The molecule has 0 aliphatic rings. The number of aryl methyl sites for hydroxylation is 1. The summed E-state index contributed by atoms with van der Waals surface area (Å²) in [5, 5.41) is 9.45. The van der Waals surface area contributed by atoms with E-state index in [0.29, 0.717) is 11.5 Å². The summed E-state index contributed by atoms with van der Waals surface area (Å²) in [6.45, 7) is 2.10. The number of rotatable bonds is 2. The molecule has 14 heavy (non-hydrogen) atoms. The second kappa shape index (κ2) is 3.36. The third-order valence-electron chi connectivity index (χ3n) is 2.03. The first-order chi connectivity index (χ1) is 6.70. The maximum Gasteiger partial charge on any atom is 0.177 e. The molecule has 2 aromatic heterocycles. The fraction of sp³-hybridized carbons (Fsp3) is 0.333. The second-order valence-electron chi connectivity index (χ2n) is 3.26. The molecule has 0 aliphatic heterocycles. The first-order valence-corrected chi connectivity index (χ1v) is 4.41. The number of aliphatic hydroxyl groups is 1. The molecule has 5 nitrogen and oxygen atoms in total. The molecule has 2 heterocycles. The number of nitrogens with two attached hydrogens (primary N) is 1. The Morgan fingerprint density at radius 2 is 2.43 bits per heavy atom. The van der Waals surface area contributed by atoms with E-state index in [-0.39, 0.29) is 6.54 Å². The standard InChI is InChI=1S/C9H12N4O/c1-5-2-6-8(11-4-5)13-9(12-6)7(14)3-10/h2,4,7,14H,3,10H2,1H3,(H,11,12,13). The molecular weight excluding hydrogens is 180 g/mol. The molecule has 2 aromatic rings. The van der Waals surface area contributed by atoms with Crippen molar-refractivity contribution in [1.29, 1.82) is 0 Å². The molecule has 1 atom stereocenters. The number of hydrogen-bond donors (Lipinski definition) is 3. The van der Waals surface area contributed by atoms with Crippen LogP contribution in [0.15, 0.2) is 12.3 Å². The first kappa shape index (κ1) is 9.11. The van der Waals surface area contributed by atoms with E-state index in [2.05, 4.69) is 15.0 Å². The Bertz CT molecular complexity index is 451. The van der Waals surface area contributed by atoms with Crippen LogP contribution in [-0.4, -0.2) is 26.6 Å². The van der Waals surface area contributed by atoms with Gasteiger partial charge in [0.1, 0.15) is 11.9 Å². The lowest BCUT2D eigenvalue weighted by Crippen LogP contribution is -2.12. The van der Waals surface area contributed by atoms with Gasteiger partial charge in [-0.1, -0.05) is 0 Å². The van der Waals surface area contributed by atoms with Crippen molar-refractivity contribution in [3.8, 4) is 0 Å². The van der Waals surface area contributed by atoms with Crippen LogP contribution in [0.3, 0.4) is 0 Å². The summed E-state index contributed by atoms with van der Waals surface area (Å²) in [5.74, 6) is 0.473. The van der Waals surface area contributed by atoms with Crippen LogP contribution >= 0.6 is 0 Å². The Balaban J connectivity index is 2.51. The predicted molar refractivity (Wildman–Crippen MR) is 52.6 cm³/mol. The topological polar surface area (TPSA) is 87.8 Å². The van der Waals surface area contributed by atoms with E-state index in [1.807, 2.05) is 13.0 Å². The van der Waals surface area contributed by atoms with Gasteiger partial charge in [0.2, 0.25) is 0 Å². The number of H-pyrrole nitrogens is 1. The van der Waals surface area contributed by atoms with Gasteiger partial charge in [-0.2, -0.15) is 0 Å². The largest absolute Gasteiger partial charge is 0.384 e. The predicted octanol–water partition coefficient (Wildman–Crippen LogP) is 0.258. The molecule has 0 aromatic carbocycles. The fourth-order valence-electron chi connectivity index (χ4n) is 1.29. The van der Waals surface area contributed by atoms with E-state index in [9.17, 15) is 5.11 Å². The van der Waals surface area contributed by atoms with Crippen LogP contribution in [0.4, 0.5) is 0 Å². The molecule has 1 unspecified atom stereocenters.